The van der Waals surface area contributed by atoms with Gasteiger partial charge in [0.15, 0.2) is 5.76 Å². The summed E-state index contributed by atoms with van der Waals surface area (Å²) < 4.78 is 5.56. The number of nitrogens with one attached hydrogen (secondary N) is 1. The van der Waals surface area contributed by atoms with Gasteiger partial charge in [-0.1, -0.05) is 48.5 Å². The molecule has 1 amide bonds. The van der Waals surface area contributed by atoms with E-state index in [0.29, 0.717) is 17.0 Å². The van der Waals surface area contributed by atoms with Crippen molar-refractivity contribution in [1.29, 1.82) is 0 Å². The molecule has 1 aliphatic heterocycles. The Hall–Kier alpha value is -3.48. The quantitative estimate of drug-likeness (QED) is 0.487. The smallest absolute Gasteiger partial charge is 0.252 e. The predicted octanol–water partition coefficient (Wildman–Crippen LogP) is 4.21. The number of carbonyl (C=O) groups is 1. The number of nitrogens with zero attached hydrogens (tertiary/aromatic N) is 3. The van der Waals surface area contributed by atoms with Crippen molar-refractivity contribution >= 4 is 16.8 Å². The average molecular weight is 441 g/mol. The summed E-state index contributed by atoms with van der Waals surface area (Å²) in [6, 6.07) is 23.4. The van der Waals surface area contributed by atoms with E-state index in [1.54, 1.807) is 6.26 Å². The summed E-state index contributed by atoms with van der Waals surface area (Å²) in [6.45, 7) is 4.85. The van der Waals surface area contributed by atoms with Crippen LogP contribution in [0.1, 0.15) is 22.0 Å². The van der Waals surface area contributed by atoms with Gasteiger partial charge in [0, 0.05) is 38.1 Å². The number of fused-ring (bicyclic) bond motifs is 1. The van der Waals surface area contributed by atoms with E-state index in [-0.39, 0.29) is 11.9 Å². The van der Waals surface area contributed by atoms with Crippen molar-refractivity contribution in [2.24, 2.45) is 0 Å². The fourth-order valence-electron chi connectivity index (χ4n) is 4.36. The normalized spacial score (nSPS) is 16.0. The zero-order valence-corrected chi connectivity index (χ0v) is 18.8. The Morgan fingerprint density at radius 1 is 1.00 bits per heavy atom. The van der Waals surface area contributed by atoms with Gasteiger partial charge in [-0.2, -0.15) is 0 Å². The molecule has 33 heavy (non-hydrogen) atoms. The summed E-state index contributed by atoms with van der Waals surface area (Å²) in [5, 5.41) is 4.15. The molecule has 1 fully saturated rings. The van der Waals surface area contributed by atoms with E-state index >= 15 is 0 Å². The molecule has 5 rings (SSSR count). The molecular weight excluding hydrogens is 412 g/mol. The van der Waals surface area contributed by atoms with Crippen LogP contribution >= 0.6 is 0 Å². The third-order valence-corrected chi connectivity index (χ3v) is 6.28. The van der Waals surface area contributed by atoms with E-state index in [4.69, 9.17) is 9.40 Å². The monoisotopic (exact) mass is 440 g/mol. The molecule has 4 aromatic rings. The Bertz CT molecular complexity index is 1220. The maximum absolute atomic E-state index is 13.7. The largest absolute Gasteiger partial charge is 0.463 e. The summed E-state index contributed by atoms with van der Waals surface area (Å²) in [7, 11) is 2.15. The van der Waals surface area contributed by atoms with Gasteiger partial charge in [-0.3, -0.25) is 9.69 Å². The highest BCUT2D eigenvalue weighted by molar-refractivity contribution is 6.07. The Kier molecular flexibility index (Phi) is 6.19. The second kappa shape index (κ2) is 9.57. The second-order valence-electron chi connectivity index (χ2n) is 8.59. The number of benzene rings is 2. The van der Waals surface area contributed by atoms with Gasteiger partial charge in [0.2, 0.25) is 0 Å². The zero-order valence-electron chi connectivity index (χ0n) is 18.8. The Morgan fingerprint density at radius 3 is 2.52 bits per heavy atom. The molecule has 1 unspecified atom stereocenters. The number of amides is 1. The van der Waals surface area contributed by atoms with Crippen LogP contribution in [0.25, 0.3) is 22.4 Å². The van der Waals surface area contributed by atoms with Gasteiger partial charge < -0.3 is 14.6 Å². The molecule has 3 heterocycles. The molecule has 0 bridgehead atoms. The molecule has 1 atom stereocenters. The van der Waals surface area contributed by atoms with Crippen molar-refractivity contribution < 1.29 is 9.21 Å². The first-order valence-electron chi connectivity index (χ1n) is 11.4. The van der Waals surface area contributed by atoms with E-state index in [2.05, 4.69) is 34.3 Å². The molecule has 6 nitrogen and oxygen atoms in total. The fourth-order valence-corrected chi connectivity index (χ4v) is 4.36. The Labute approximate surface area is 193 Å². The lowest BCUT2D eigenvalue weighted by Crippen LogP contribution is -2.47. The second-order valence-corrected chi connectivity index (χ2v) is 8.59. The van der Waals surface area contributed by atoms with Gasteiger partial charge in [-0.25, -0.2) is 4.98 Å². The SMILES string of the molecule is CN1CCN(CC(NC(=O)c2cc(-c3ccco3)nc3ccccc23)c2ccccc2)CC1. The Morgan fingerprint density at radius 2 is 1.76 bits per heavy atom. The van der Waals surface area contributed by atoms with Crippen LogP contribution in [0.2, 0.25) is 0 Å². The lowest BCUT2D eigenvalue weighted by Gasteiger charge is -2.35. The zero-order chi connectivity index (χ0) is 22.6. The third kappa shape index (κ3) is 4.82. The number of piperazine rings is 1. The van der Waals surface area contributed by atoms with Crippen molar-refractivity contribution in [2.45, 2.75) is 6.04 Å². The highest BCUT2D eigenvalue weighted by Crippen LogP contribution is 2.26. The van der Waals surface area contributed by atoms with Crippen molar-refractivity contribution in [3.05, 3.63) is 90.2 Å². The van der Waals surface area contributed by atoms with Crippen LogP contribution in [0.5, 0.6) is 0 Å². The number of likely N-dealkylation sites (N-methyl/N-ethyl adjacent to an activating group) is 1. The van der Waals surface area contributed by atoms with E-state index in [9.17, 15) is 4.79 Å². The number of hydrogen-bond donors (Lipinski definition) is 1. The number of furan rings is 1. The highest BCUT2D eigenvalue weighted by atomic mass is 16.3. The van der Waals surface area contributed by atoms with Crippen LogP contribution in [0.15, 0.2) is 83.5 Å². The maximum atomic E-state index is 13.7. The van der Waals surface area contributed by atoms with Gasteiger partial charge in [0.25, 0.3) is 5.91 Å². The van der Waals surface area contributed by atoms with Crippen LogP contribution in [0.4, 0.5) is 0 Å². The van der Waals surface area contributed by atoms with Crippen molar-refractivity contribution in [1.82, 2.24) is 20.1 Å². The van der Waals surface area contributed by atoms with E-state index in [0.717, 1.165) is 49.2 Å². The maximum Gasteiger partial charge on any atom is 0.252 e. The molecule has 1 saturated heterocycles. The summed E-state index contributed by atoms with van der Waals surface area (Å²) in [5.41, 5.74) is 3.13. The van der Waals surface area contributed by atoms with Gasteiger partial charge >= 0.3 is 0 Å². The number of carbonyl (C=O) groups excluding carboxylic acids is 1. The third-order valence-electron chi connectivity index (χ3n) is 6.28. The molecule has 0 saturated carbocycles. The van der Waals surface area contributed by atoms with E-state index < -0.39 is 0 Å². The van der Waals surface area contributed by atoms with Gasteiger partial charge in [0.05, 0.1) is 23.4 Å². The average Bonchev–Trinajstić information content (AvgIpc) is 3.40. The van der Waals surface area contributed by atoms with Gasteiger partial charge in [-0.05, 0) is 36.9 Å². The molecule has 2 aromatic heterocycles. The molecule has 6 heteroatoms. The number of pyridine rings is 1. The van der Waals surface area contributed by atoms with Crippen LogP contribution in [-0.2, 0) is 0 Å². The van der Waals surface area contributed by atoms with Crippen LogP contribution < -0.4 is 5.32 Å². The molecule has 168 valence electrons. The first kappa shape index (κ1) is 21.4. The number of rotatable bonds is 6. The summed E-state index contributed by atoms with van der Waals surface area (Å²) in [6.07, 6.45) is 1.62. The fraction of sp³-hybridized carbons (Fsp3) is 0.259. The molecule has 0 radical (unpaired) electrons. The molecule has 1 N–H and O–H groups in total. The molecule has 0 aliphatic carbocycles. The van der Waals surface area contributed by atoms with Crippen molar-refractivity contribution in [3.8, 4) is 11.5 Å². The minimum atomic E-state index is -0.110. The first-order chi connectivity index (χ1) is 16.2. The first-order valence-corrected chi connectivity index (χ1v) is 11.4. The van der Waals surface area contributed by atoms with Crippen molar-refractivity contribution in [3.63, 3.8) is 0 Å². The van der Waals surface area contributed by atoms with Crippen molar-refractivity contribution in [2.75, 3.05) is 39.8 Å². The predicted molar refractivity (Wildman–Crippen MR) is 130 cm³/mol. The molecule has 0 spiro atoms. The molecule has 1 aliphatic rings. The van der Waals surface area contributed by atoms with Gasteiger partial charge in [0.1, 0.15) is 5.69 Å². The van der Waals surface area contributed by atoms with Crippen LogP contribution in [-0.4, -0.2) is 60.5 Å². The lowest BCUT2D eigenvalue weighted by molar-refractivity contribution is 0.0909. The molecule has 2 aromatic carbocycles. The summed E-state index contributed by atoms with van der Waals surface area (Å²) >= 11 is 0. The Balaban J connectivity index is 1.47. The van der Waals surface area contributed by atoms with E-state index in [1.165, 1.54) is 0 Å². The van der Waals surface area contributed by atoms with E-state index in [1.807, 2.05) is 60.7 Å². The van der Waals surface area contributed by atoms with Crippen LogP contribution in [0.3, 0.4) is 0 Å². The minimum Gasteiger partial charge on any atom is -0.463 e. The summed E-state index contributed by atoms with van der Waals surface area (Å²) in [4.78, 5) is 23.1. The topological polar surface area (TPSA) is 61.6 Å². The van der Waals surface area contributed by atoms with Crippen LogP contribution in [0, 0.1) is 0 Å². The number of para-hydroxylation sites is 1. The van der Waals surface area contributed by atoms with Gasteiger partial charge in [-0.15, -0.1) is 0 Å². The number of aromatic nitrogens is 1. The molecular formula is C27H28N4O2. The lowest BCUT2D eigenvalue weighted by atomic mass is 10.0. The minimum absolute atomic E-state index is 0.107. The standard InChI is InChI=1S/C27H28N4O2/c1-30-13-15-31(16-14-30)19-25(20-8-3-2-4-9-20)29-27(32)22-18-24(26-12-7-17-33-26)28-23-11-6-5-10-21(22)23/h2-12,17-18,25H,13-16,19H2,1H3,(H,29,32). The summed E-state index contributed by atoms with van der Waals surface area (Å²) in [5.74, 6) is 0.538. The number of hydrogen-bond acceptors (Lipinski definition) is 5. The highest BCUT2D eigenvalue weighted by Gasteiger charge is 2.23.